The quantitative estimate of drug-likeness (QED) is 0.865. The Kier molecular flexibility index (Phi) is 5.19. The van der Waals surface area contributed by atoms with Crippen molar-refractivity contribution in [3.8, 4) is 0 Å². The smallest absolute Gasteiger partial charge is 0.326 e. The molecule has 5 nitrogen and oxygen atoms in total. The summed E-state index contributed by atoms with van der Waals surface area (Å²) < 4.78 is 60.9. The zero-order chi connectivity index (χ0) is 18.8. The third-order valence-electron chi connectivity index (χ3n) is 3.44. The minimum Gasteiger partial charge on any atom is -0.326 e. The molecule has 0 radical (unpaired) electrons. The zero-order valence-corrected chi connectivity index (χ0v) is 13.9. The monoisotopic (exact) mass is 372 g/mol. The van der Waals surface area contributed by atoms with Gasteiger partial charge in [0.05, 0.1) is 16.9 Å². The van der Waals surface area contributed by atoms with Gasteiger partial charge in [0, 0.05) is 5.69 Å². The van der Waals surface area contributed by atoms with E-state index in [4.69, 9.17) is 5.14 Å². The molecular formula is C16H15F3N2O3S. The van der Waals surface area contributed by atoms with Crippen LogP contribution in [-0.4, -0.2) is 14.3 Å². The van der Waals surface area contributed by atoms with Crippen LogP contribution in [0.25, 0.3) is 0 Å². The molecule has 0 fully saturated rings. The summed E-state index contributed by atoms with van der Waals surface area (Å²) in [5, 5.41) is 7.37. The highest BCUT2D eigenvalue weighted by Gasteiger charge is 2.32. The van der Waals surface area contributed by atoms with E-state index in [1.54, 1.807) is 0 Å². The summed E-state index contributed by atoms with van der Waals surface area (Å²) in [5.74, 6) is -0.527. The number of primary sulfonamides is 1. The highest BCUT2D eigenvalue weighted by Crippen LogP contribution is 2.33. The Morgan fingerprint density at radius 3 is 2.24 bits per heavy atom. The fraction of sp³-hybridized carbons (Fsp3) is 0.188. The third-order valence-corrected chi connectivity index (χ3v) is 4.37. The number of carbonyl (C=O) groups excluding carboxylic acids is 1. The lowest BCUT2D eigenvalue weighted by atomic mass is 10.1. The standard InChI is InChI=1S/C16H15F3N2O3S/c1-10-2-5-12(9-14(10)16(17,18)19)21-15(22)8-11-3-6-13(7-4-11)25(20,23)24/h2-7,9H,8H2,1H3,(H,21,22)(H2,20,23,24). The molecule has 9 heteroatoms. The second kappa shape index (κ2) is 6.85. The first-order chi connectivity index (χ1) is 11.5. The van der Waals surface area contributed by atoms with Gasteiger partial charge in [-0.2, -0.15) is 13.2 Å². The van der Waals surface area contributed by atoms with Crippen LogP contribution in [0.5, 0.6) is 0 Å². The van der Waals surface area contributed by atoms with E-state index in [0.29, 0.717) is 5.56 Å². The number of alkyl halides is 3. The molecule has 0 atom stereocenters. The second-order valence-electron chi connectivity index (χ2n) is 5.44. The summed E-state index contributed by atoms with van der Waals surface area (Å²) in [4.78, 5) is 11.9. The maximum Gasteiger partial charge on any atom is 0.416 e. The number of aryl methyl sites for hydroxylation is 1. The molecule has 0 aliphatic carbocycles. The Balaban J connectivity index is 2.10. The van der Waals surface area contributed by atoms with E-state index in [1.165, 1.54) is 43.3 Å². The van der Waals surface area contributed by atoms with Crippen molar-refractivity contribution < 1.29 is 26.4 Å². The van der Waals surface area contributed by atoms with Gasteiger partial charge in [0.15, 0.2) is 0 Å². The van der Waals surface area contributed by atoms with Crippen LogP contribution >= 0.6 is 0 Å². The summed E-state index contributed by atoms with van der Waals surface area (Å²) in [7, 11) is -3.83. The molecule has 0 heterocycles. The first-order valence-electron chi connectivity index (χ1n) is 7.06. The Bertz CT molecular complexity index is 892. The van der Waals surface area contributed by atoms with E-state index in [2.05, 4.69) is 5.32 Å². The molecule has 0 saturated carbocycles. The predicted molar refractivity (Wildman–Crippen MR) is 86.3 cm³/mol. The third kappa shape index (κ3) is 5.04. The second-order valence-corrected chi connectivity index (χ2v) is 7.00. The van der Waals surface area contributed by atoms with Gasteiger partial charge in [-0.1, -0.05) is 18.2 Å². The highest BCUT2D eigenvalue weighted by atomic mass is 32.2. The number of benzene rings is 2. The summed E-state index contributed by atoms with van der Waals surface area (Å²) >= 11 is 0. The molecule has 2 aromatic carbocycles. The first-order valence-corrected chi connectivity index (χ1v) is 8.61. The van der Waals surface area contributed by atoms with Crippen LogP contribution in [-0.2, 0) is 27.4 Å². The number of hydrogen-bond acceptors (Lipinski definition) is 3. The summed E-state index contributed by atoms with van der Waals surface area (Å²) in [6.45, 7) is 1.33. The van der Waals surface area contributed by atoms with Gasteiger partial charge in [-0.3, -0.25) is 4.79 Å². The van der Waals surface area contributed by atoms with Gasteiger partial charge in [-0.15, -0.1) is 0 Å². The Hall–Kier alpha value is -2.39. The van der Waals surface area contributed by atoms with Crippen LogP contribution in [0.3, 0.4) is 0 Å². The molecule has 0 aliphatic rings. The van der Waals surface area contributed by atoms with Gasteiger partial charge >= 0.3 is 6.18 Å². The molecule has 0 saturated heterocycles. The Labute approximate surface area is 142 Å². The van der Waals surface area contributed by atoms with Gasteiger partial charge in [-0.25, -0.2) is 13.6 Å². The van der Waals surface area contributed by atoms with Gasteiger partial charge in [0.25, 0.3) is 0 Å². The van der Waals surface area contributed by atoms with E-state index in [1.807, 2.05) is 0 Å². The topological polar surface area (TPSA) is 89.3 Å². The van der Waals surface area contributed by atoms with Crippen molar-refractivity contribution in [3.05, 3.63) is 59.2 Å². The largest absolute Gasteiger partial charge is 0.416 e. The zero-order valence-electron chi connectivity index (χ0n) is 13.1. The van der Waals surface area contributed by atoms with Crippen molar-refractivity contribution >= 4 is 21.6 Å². The van der Waals surface area contributed by atoms with Gasteiger partial charge in [-0.05, 0) is 42.3 Å². The normalized spacial score (nSPS) is 12.0. The molecule has 2 rings (SSSR count). The van der Waals surface area contributed by atoms with E-state index in [0.717, 1.165) is 6.07 Å². The molecule has 2 aromatic rings. The van der Waals surface area contributed by atoms with Crippen LogP contribution in [0.4, 0.5) is 18.9 Å². The number of anilines is 1. The number of carbonyl (C=O) groups is 1. The highest BCUT2D eigenvalue weighted by molar-refractivity contribution is 7.89. The van der Waals surface area contributed by atoms with E-state index < -0.39 is 27.7 Å². The Morgan fingerprint density at radius 1 is 1.12 bits per heavy atom. The lowest BCUT2D eigenvalue weighted by Crippen LogP contribution is -2.16. The van der Waals surface area contributed by atoms with Crippen LogP contribution in [0.1, 0.15) is 16.7 Å². The van der Waals surface area contributed by atoms with Crippen molar-refractivity contribution in [1.82, 2.24) is 0 Å². The fourth-order valence-corrected chi connectivity index (χ4v) is 2.71. The van der Waals surface area contributed by atoms with Gasteiger partial charge in [0.2, 0.25) is 15.9 Å². The summed E-state index contributed by atoms with van der Waals surface area (Å²) in [5.41, 5.74) is -0.232. The molecule has 0 aromatic heterocycles. The summed E-state index contributed by atoms with van der Waals surface area (Å²) in [6.07, 6.45) is -4.63. The van der Waals surface area contributed by atoms with Gasteiger partial charge in [0.1, 0.15) is 0 Å². The molecule has 3 N–H and O–H groups in total. The van der Waals surface area contributed by atoms with E-state index in [-0.39, 0.29) is 22.6 Å². The maximum atomic E-state index is 12.9. The van der Waals surface area contributed by atoms with Crippen molar-refractivity contribution in [3.63, 3.8) is 0 Å². The van der Waals surface area contributed by atoms with E-state index in [9.17, 15) is 26.4 Å². The molecule has 1 amide bonds. The molecule has 25 heavy (non-hydrogen) atoms. The molecule has 134 valence electrons. The first kappa shape index (κ1) is 18.9. The molecule has 0 spiro atoms. The lowest BCUT2D eigenvalue weighted by molar-refractivity contribution is -0.138. The van der Waals surface area contributed by atoms with Crippen LogP contribution in [0.15, 0.2) is 47.4 Å². The molecule has 0 aliphatic heterocycles. The average Bonchev–Trinajstić information content (AvgIpc) is 2.47. The number of halogens is 3. The molecule has 0 unspecified atom stereocenters. The minimum absolute atomic E-state index is 0.0316. The molecular weight excluding hydrogens is 357 g/mol. The number of rotatable bonds is 4. The van der Waals surface area contributed by atoms with Crippen molar-refractivity contribution in [1.29, 1.82) is 0 Å². The fourth-order valence-electron chi connectivity index (χ4n) is 2.19. The Morgan fingerprint density at radius 2 is 1.72 bits per heavy atom. The van der Waals surface area contributed by atoms with Gasteiger partial charge < -0.3 is 5.32 Å². The maximum absolute atomic E-state index is 12.9. The van der Waals surface area contributed by atoms with Crippen LogP contribution in [0.2, 0.25) is 0 Å². The van der Waals surface area contributed by atoms with Crippen molar-refractivity contribution in [2.75, 3.05) is 5.32 Å². The number of nitrogens with one attached hydrogen (secondary N) is 1. The van der Waals surface area contributed by atoms with Crippen molar-refractivity contribution in [2.45, 2.75) is 24.4 Å². The predicted octanol–water partition coefficient (Wildman–Crippen LogP) is 2.84. The van der Waals surface area contributed by atoms with Crippen LogP contribution < -0.4 is 10.5 Å². The van der Waals surface area contributed by atoms with Crippen LogP contribution in [0, 0.1) is 6.92 Å². The number of hydrogen-bond donors (Lipinski definition) is 2. The molecule has 0 bridgehead atoms. The number of amides is 1. The lowest BCUT2D eigenvalue weighted by Gasteiger charge is -2.13. The average molecular weight is 372 g/mol. The number of nitrogens with two attached hydrogens (primary N) is 1. The van der Waals surface area contributed by atoms with E-state index >= 15 is 0 Å². The van der Waals surface area contributed by atoms with Crippen molar-refractivity contribution in [2.24, 2.45) is 5.14 Å². The SMILES string of the molecule is Cc1ccc(NC(=O)Cc2ccc(S(N)(=O)=O)cc2)cc1C(F)(F)F. The number of sulfonamides is 1. The summed E-state index contributed by atoms with van der Waals surface area (Å²) in [6, 6.07) is 8.87. The minimum atomic E-state index is -4.51.